The first-order chi connectivity index (χ1) is 9.13. The highest BCUT2D eigenvalue weighted by Crippen LogP contribution is 2.34. The highest BCUT2D eigenvalue weighted by atomic mass is 32.2. The Morgan fingerprint density at radius 2 is 2.37 bits per heavy atom. The third kappa shape index (κ3) is 4.38. The van der Waals surface area contributed by atoms with Crippen molar-refractivity contribution in [3.8, 4) is 0 Å². The zero-order valence-corrected chi connectivity index (χ0v) is 13.2. The average molecular weight is 284 g/mol. The number of carbonyl (C=O) groups is 1. The fourth-order valence-electron chi connectivity index (χ4n) is 3.43. The summed E-state index contributed by atoms with van der Waals surface area (Å²) in [6.07, 6.45) is 5.61. The molecule has 0 bridgehead atoms. The maximum atomic E-state index is 12.4. The number of rotatable bonds is 4. The Labute approximate surface area is 121 Å². The van der Waals surface area contributed by atoms with Gasteiger partial charge >= 0.3 is 0 Å². The molecule has 1 N–H and O–H groups in total. The number of nitrogens with one attached hydrogen (secondary N) is 1. The lowest BCUT2D eigenvalue weighted by atomic mass is 9.78. The van der Waals surface area contributed by atoms with Gasteiger partial charge in [-0.05, 0) is 24.7 Å². The number of likely N-dealkylation sites (tertiary alicyclic amines) is 1. The van der Waals surface area contributed by atoms with E-state index in [0.717, 1.165) is 25.4 Å². The summed E-state index contributed by atoms with van der Waals surface area (Å²) in [5.41, 5.74) is 0.359. The number of hydrogen-bond donors (Lipinski definition) is 1. The van der Waals surface area contributed by atoms with Crippen molar-refractivity contribution in [2.75, 3.05) is 31.1 Å². The Kier molecular flexibility index (Phi) is 5.58. The molecule has 0 aromatic carbocycles. The molecule has 2 fully saturated rings. The largest absolute Gasteiger partial charge is 0.342 e. The number of nitrogens with zero attached hydrogens (tertiary/aromatic N) is 1. The van der Waals surface area contributed by atoms with Crippen molar-refractivity contribution in [3.05, 3.63) is 0 Å². The van der Waals surface area contributed by atoms with E-state index in [9.17, 15) is 4.79 Å². The Morgan fingerprint density at radius 3 is 3.05 bits per heavy atom. The molecule has 19 heavy (non-hydrogen) atoms. The molecule has 2 saturated heterocycles. The van der Waals surface area contributed by atoms with Crippen LogP contribution in [0.5, 0.6) is 0 Å². The van der Waals surface area contributed by atoms with E-state index in [2.05, 4.69) is 24.1 Å². The molecule has 4 heteroatoms. The quantitative estimate of drug-likeness (QED) is 0.861. The second kappa shape index (κ2) is 6.98. The predicted molar refractivity (Wildman–Crippen MR) is 82.6 cm³/mol. The molecule has 2 rings (SSSR count). The highest BCUT2D eigenvalue weighted by Gasteiger charge is 2.32. The van der Waals surface area contributed by atoms with Gasteiger partial charge < -0.3 is 10.2 Å². The minimum atomic E-state index is 0.359. The summed E-state index contributed by atoms with van der Waals surface area (Å²) in [5, 5.41) is 3.47. The number of piperidine rings is 1. The lowest BCUT2D eigenvalue weighted by Gasteiger charge is -2.41. The zero-order valence-electron chi connectivity index (χ0n) is 12.4. The molecule has 1 amide bonds. The van der Waals surface area contributed by atoms with Gasteiger partial charge in [0.2, 0.25) is 5.91 Å². The molecule has 0 aromatic heterocycles. The van der Waals surface area contributed by atoms with E-state index >= 15 is 0 Å². The van der Waals surface area contributed by atoms with Crippen LogP contribution in [0.25, 0.3) is 0 Å². The van der Waals surface area contributed by atoms with Crippen LogP contribution in [0.2, 0.25) is 0 Å². The minimum absolute atomic E-state index is 0.359. The van der Waals surface area contributed by atoms with Crippen LogP contribution < -0.4 is 5.32 Å². The minimum Gasteiger partial charge on any atom is -0.342 e. The fourth-order valence-corrected chi connectivity index (χ4v) is 4.38. The van der Waals surface area contributed by atoms with Gasteiger partial charge in [-0.15, -0.1) is 0 Å². The molecule has 2 unspecified atom stereocenters. The Balaban J connectivity index is 1.84. The third-order valence-corrected chi connectivity index (χ3v) is 5.54. The van der Waals surface area contributed by atoms with Crippen LogP contribution in [-0.4, -0.2) is 48.0 Å². The first-order valence-electron chi connectivity index (χ1n) is 7.72. The van der Waals surface area contributed by atoms with Gasteiger partial charge in [0, 0.05) is 43.6 Å². The van der Waals surface area contributed by atoms with E-state index in [0.29, 0.717) is 23.8 Å². The molecule has 2 aliphatic heterocycles. The maximum absolute atomic E-state index is 12.4. The van der Waals surface area contributed by atoms with Gasteiger partial charge in [-0.2, -0.15) is 11.8 Å². The van der Waals surface area contributed by atoms with Crippen LogP contribution in [-0.2, 0) is 4.79 Å². The summed E-state index contributed by atoms with van der Waals surface area (Å²) in [4.78, 5) is 14.6. The maximum Gasteiger partial charge on any atom is 0.224 e. The first kappa shape index (κ1) is 15.2. The second-order valence-electron chi connectivity index (χ2n) is 6.41. The van der Waals surface area contributed by atoms with Crippen molar-refractivity contribution in [1.82, 2.24) is 10.2 Å². The Bertz CT molecular complexity index is 301. The Hall–Kier alpha value is -0.220. The van der Waals surface area contributed by atoms with Crippen molar-refractivity contribution in [2.45, 2.75) is 52.0 Å². The molecular weight excluding hydrogens is 256 g/mol. The van der Waals surface area contributed by atoms with E-state index in [-0.39, 0.29) is 0 Å². The average Bonchev–Trinajstić information content (AvgIpc) is 2.40. The lowest BCUT2D eigenvalue weighted by molar-refractivity contribution is -0.135. The van der Waals surface area contributed by atoms with Crippen molar-refractivity contribution >= 4 is 17.7 Å². The molecule has 0 aliphatic carbocycles. The summed E-state index contributed by atoms with van der Waals surface area (Å²) >= 11 is 1.97. The number of carbonyl (C=O) groups excluding carboxylic acids is 1. The molecule has 2 heterocycles. The smallest absolute Gasteiger partial charge is 0.224 e. The van der Waals surface area contributed by atoms with Crippen LogP contribution in [0.3, 0.4) is 0 Å². The monoisotopic (exact) mass is 284 g/mol. The summed E-state index contributed by atoms with van der Waals surface area (Å²) in [5.74, 6) is 2.64. The molecular formula is C15H28N2OS. The van der Waals surface area contributed by atoms with Crippen molar-refractivity contribution < 1.29 is 4.79 Å². The lowest BCUT2D eigenvalue weighted by Crippen LogP contribution is -2.48. The van der Waals surface area contributed by atoms with Crippen LogP contribution in [0.1, 0.15) is 46.0 Å². The van der Waals surface area contributed by atoms with E-state index < -0.39 is 0 Å². The molecule has 2 aliphatic rings. The standard InChI is InChI=1S/C15H28N2OS/c1-3-5-15(2)6-4-8-17(12-15)14(18)10-13-11-19-9-7-16-13/h13,16H,3-12H2,1-2H3. The van der Waals surface area contributed by atoms with Gasteiger partial charge in [-0.25, -0.2) is 0 Å². The fraction of sp³-hybridized carbons (Fsp3) is 0.933. The third-order valence-electron chi connectivity index (χ3n) is 4.41. The summed E-state index contributed by atoms with van der Waals surface area (Å²) in [6.45, 7) is 7.59. The summed E-state index contributed by atoms with van der Waals surface area (Å²) in [7, 11) is 0. The summed E-state index contributed by atoms with van der Waals surface area (Å²) in [6, 6.07) is 0.394. The number of hydrogen-bond acceptors (Lipinski definition) is 3. The van der Waals surface area contributed by atoms with E-state index in [1.54, 1.807) is 0 Å². The highest BCUT2D eigenvalue weighted by molar-refractivity contribution is 7.99. The predicted octanol–water partition coefficient (Wildman–Crippen LogP) is 2.51. The molecule has 110 valence electrons. The van der Waals surface area contributed by atoms with Gasteiger partial charge in [0.05, 0.1) is 0 Å². The van der Waals surface area contributed by atoms with E-state index in [1.807, 2.05) is 11.8 Å². The van der Waals surface area contributed by atoms with E-state index in [1.165, 1.54) is 31.4 Å². The van der Waals surface area contributed by atoms with Gasteiger partial charge in [0.15, 0.2) is 0 Å². The Morgan fingerprint density at radius 1 is 1.53 bits per heavy atom. The van der Waals surface area contributed by atoms with Crippen LogP contribution in [0.15, 0.2) is 0 Å². The normalized spacial score (nSPS) is 32.3. The number of thioether (sulfide) groups is 1. The van der Waals surface area contributed by atoms with Gasteiger partial charge in [0.1, 0.15) is 0 Å². The van der Waals surface area contributed by atoms with Gasteiger partial charge in [-0.3, -0.25) is 4.79 Å². The van der Waals surface area contributed by atoms with Crippen LogP contribution in [0.4, 0.5) is 0 Å². The van der Waals surface area contributed by atoms with Gasteiger partial charge in [0.25, 0.3) is 0 Å². The first-order valence-corrected chi connectivity index (χ1v) is 8.87. The molecule has 3 nitrogen and oxygen atoms in total. The molecule has 0 radical (unpaired) electrons. The number of amides is 1. The van der Waals surface area contributed by atoms with Gasteiger partial charge in [-0.1, -0.05) is 20.3 Å². The molecule has 0 saturated carbocycles. The SMILES string of the molecule is CCCC1(C)CCCN(C(=O)CC2CSCCN2)C1. The summed E-state index contributed by atoms with van der Waals surface area (Å²) < 4.78 is 0. The van der Waals surface area contributed by atoms with Crippen LogP contribution >= 0.6 is 11.8 Å². The topological polar surface area (TPSA) is 32.3 Å². The zero-order chi connectivity index (χ0) is 13.7. The van der Waals surface area contributed by atoms with E-state index in [4.69, 9.17) is 0 Å². The molecule has 2 atom stereocenters. The van der Waals surface area contributed by atoms with Crippen molar-refractivity contribution in [3.63, 3.8) is 0 Å². The molecule has 0 aromatic rings. The second-order valence-corrected chi connectivity index (χ2v) is 7.56. The molecule has 0 spiro atoms. The van der Waals surface area contributed by atoms with Crippen molar-refractivity contribution in [1.29, 1.82) is 0 Å². The van der Waals surface area contributed by atoms with Crippen molar-refractivity contribution in [2.24, 2.45) is 5.41 Å². The van der Waals surface area contributed by atoms with Crippen LogP contribution in [0, 0.1) is 5.41 Å².